The highest BCUT2D eigenvalue weighted by molar-refractivity contribution is 7.80. The van der Waals surface area contributed by atoms with Gasteiger partial charge in [0.25, 0.3) is 11.8 Å². The van der Waals surface area contributed by atoms with E-state index in [2.05, 4.69) is 10.6 Å². The van der Waals surface area contributed by atoms with E-state index < -0.39 is 46.2 Å². The summed E-state index contributed by atoms with van der Waals surface area (Å²) in [6, 6.07) is 6.15. The Labute approximate surface area is 197 Å². The molecule has 2 N–H and O–H groups in total. The quantitative estimate of drug-likeness (QED) is 0.491. The van der Waals surface area contributed by atoms with E-state index >= 15 is 0 Å². The number of carbonyl (C=O) groups is 2. The van der Waals surface area contributed by atoms with Crippen LogP contribution in [0.4, 0.5) is 17.6 Å². The van der Waals surface area contributed by atoms with Crippen LogP contribution in [0.25, 0.3) is 0 Å². The minimum atomic E-state index is -1.01. The van der Waals surface area contributed by atoms with Crippen LogP contribution < -0.4 is 10.6 Å². The zero-order valence-electron chi connectivity index (χ0n) is 17.0. The standard InChI is InChI=1S/C21H18F4N4O2S2/c22-12-4-1-5-13(23)16(12)18(30)26-20(32)28-8-3-9-29(11-10-28)21(33)27-19(31)17-14(24)6-2-7-15(17)25/h1-2,4-7H,3,8-11H2,(H,26,30,32)(H,27,31,33). The number of thiocarbonyl (C=S) groups is 2. The molecule has 12 heteroatoms. The molecule has 0 aromatic heterocycles. The maximum atomic E-state index is 13.8. The molecule has 6 nitrogen and oxygen atoms in total. The van der Waals surface area contributed by atoms with Crippen molar-refractivity contribution in [3.63, 3.8) is 0 Å². The smallest absolute Gasteiger partial charge is 0.263 e. The highest BCUT2D eigenvalue weighted by atomic mass is 32.1. The molecule has 0 aliphatic carbocycles. The first-order valence-corrected chi connectivity index (χ1v) is 10.6. The summed E-state index contributed by atoms with van der Waals surface area (Å²) >= 11 is 10.4. The van der Waals surface area contributed by atoms with E-state index in [-0.39, 0.29) is 23.3 Å². The van der Waals surface area contributed by atoms with Crippen LogP contribution in [-0.2, 0) is 0 Å². The molecule has 1 fully saturated rings. The summed E-state index contributed by atoms with van der Waals surface area (Å²) in [6.07, 6.45) is 0.508. The van der Waals surface area contributed by atoms with Crippen LogP contribution in [0.2, 0.25) is 0 Å². The number of hydrogen-bond acceptors (Lipinski definition) is 4. The first kappa shape index (κ1) is 24.5. The topological polar surface area (TPSA) is 64.7 Å². The molecule has 2 aromatic carbocycles. The van der Waals surface area contributed by atoms with Crippen LogP contribution in [0.5, 0.6) is 0 Å². The number of halogens is 4. The number of rotatable bonds is 2. The lowest BCUT2D eigenvalue weighted by molar-refractivity contribution is 0.0955. The predicted octanol–water partition coefficient (Wildman–Crippen LogP) is 2.98. The lowest BCUT2D eigenvalue weighted by Crippen LogP contribution is -2.47. The average molecular weight is 499 g/mol. The first-order valence-electron chi connectivity index (χ1n) is 9.77. The van der Waals surface area contributed by atoms with Gasteiger partial charge in [-0.1, -0.05) is 12.1 Å². The first-order chi connectivity index (χ1) is 15.7. The fraction of sp³-hybridized carbons (Fsp3) is 0.238. The van der Waals surface area contributed by atoms with Crippen LogP contribution in [0.1, 0.15) is 27.1 Å². The Kier molecular flexibility index (Phi) is 7.92. The molecule has 0 spiro atoms. The molecule has 174 valence electrons. The van der Waals surface area contributed by atoms with Gasteiger partial charge >= 0.3 is 0 Å². The molecule has 0 bridgehead atoms. The fourth-order valence-corrected chi connectivity index (χ4v) is 3.78. The van der Waals surface area contributed by atoms with Crippen LogP contribution >= 0.6 is 24.4 Å². The van der Waals surface area contributed by atoms with Gasteiger partial charge in [0, 0.05) is 26.2 Å². The van der Waals surface area contributed by atoms with Crippen LogP contribution in [0.15, 0.2) is 36.4 Å². The van der Waals surface area contributed by atoms with Crippen molar-refractivity contribution >= 4 is 46.5 Å². The molecule has 0 radical (unpaired) electrons. The summed E-state index contributed by atoms with van der Waals surface area (Å²) in [7, 11) is 0. The minimum absolute atomic E-state index is 0.0205. The Bertz CT molecular complexity index is 990. The van der Waals surface area contributed by atoms with Crippen molar-refractivity contribution in [2.75, 3.05) is 26.2 Å². The number of nitrogens with zero attached hydrogens (tertiary/aromatic N) is 2. The maximum Gasteiger partial charge on any atom is 0.263 e. The molecule has 0 unspecified atom stereocenters. The Morgan fingerprint density at radius 1 is 0.667 bits per heavy atom. The molecule has 2 aromatic rings. The molecular weight excluding hydrogens is 480 g/mol. The lowest BCUT2D eigenvalue weighted by Gasteiger charge is -2.25. The van der Waals surface area contributed by atoms with Crippen LogP contribution in [-0.4, -0.2) is 58.0 Å². The van der Waals surface area contributed by atoms with Crippen LogP contribution in [0, 0.1) is 23.3 Å². The van der Waals surface area contributed by atoms with Crippen molar-refractivity contribution in [1.82, 2.24) is 20.4 Å². The van der Waals surface area contributed by atoms with Crippen molar-refractivity contribution in [3.8, 4) is 0 Å². The van der Waals surface area contributed by atoms with Gasteiger partial charge in [0.1, 0.15) is 34.4 Å². The summed E-state index contributed by atoms with van der Waals surface area (Å²) < 4.78 is 55.3. The number of nitrogens with one attached hydrogen (secondary N) is 2. The number of amides is 2. The van der Waals surface area contributed by atoms with Crippen molar-refractivity contribution in [2.24, 2.45) is 0 Å². The molecule has 1 aliphatic heterocycles. The van der Waals surface area contributed by atoms with Crippen molar-refractivity contribution in [2.45, 2.75) is 6.42 Å². The molecule has 0 atom stereocenters. The third-order valence-corrected chi connectivity index (χ3v) is 5.61. The van der Waals surface area contributed by atoms with E-state index in [1.807, 2.05) is 0 Å². The van der Waals surface area contributed by atoms with E-state index in [1.54, 1.807) is 9.80 Å². The van der Waals surface area contributed by atoms with Gasteiger partial charge in [-0.2, -0.15) is 0 Å². The van der Waals surface area contributed by atoms with E-state index in [1.165, 1.54) is 0 Å². The van der Waals surface area contributed by atoms with E-state index in [4.69, 9.17) is 24.4 Å². The Morgan fingerprint density at radius 2 is 1.00 bits per heavy atom. The molecule has 0 saturated carbocycles. The van der Waals surface area contributed by atoms with Gasteiger partial charge in [-0.15, -0.1) is 0 Å². The zero-order chi connectivity index (χ0) is 24.1. The second kappa shape index (κ2) is 10.7. The maximum absolute atomic E-state index is 13.8. The SMILES string of the molecule is O=C(NC(=S)N1CCCN(C(=S)NC(=O)c2c(F)cccc2F)CC1)c1c(F)cccc1F. The van der Waals surface area contributed by atoms with Crippen molar-refractivity contribution < 1.29 is 27.2 Å². The molecule has 33 heavy (non-hydrogen) atoms. The molecule has 3 rings (SSSR count). The molecule has 1 saturated heterocycles. The number of hydrogen-bond donors (Lipinski definition) is 2. The van der Waals surface area contributed by atoms with E-state index in [0.29, 0.717) is 19.5 Å². The van der Waals surface area contributed by atoms with Crippen LogP contribution in [0.3, 0.4) is 0 Å². The van der Waals surface area contributed by atoms with Gasteiger partial charge in [0.05, 0.1) is 0 Å². The average Bonchev–Trinajstić information content (AvgIpc) is 3.00. The van der Waals surface area contributed by atoms with Gasteiger partial charge in [0.15, 0.2) is 10.2 Å². The zero-order valence-corrected chi connectivity index (χ0v) is 18.7. The van der Waals surface area contributed by atoms with Gasteiger partial charge in [-0.25, -0.2) is 17.6 Å². The predicted molar refractivity (Wildman–Crippen MR) is 121 cm³/mol. The largest absolute Gasteiger partial charge is 0.347 e. The summed E-state index contributed by atoms with van der Waals surface area (Å²) in [5.41, 5.74) is -1.47. The van der Waals surface area contributed by atoms with Gasteiger partial charge < -0.3 is 9.80 Å². The highest BCUT2D eigenvalue weighted by Crippen LogP contribution is 2.14. The molecule has 1 heterocycles. The van der Waals surface area contributed by atoms with E-state index in [0.717, 1.165) is 36.4 Å². The second-order valence-corrected chi connectivity index (χ2v) is 7.81. The Morgan fingerprint density at radius 3 is 1.33 bits per heavy atom. The lowest BCUT2D eigenvalue weighted by atomic mass is 10.2. The molecule has 2 amide bonds. The fourth-order valence-electron chi connectivity index (χ4n) is 3.23. The summed E-state index contributed by atoms with van der Waals surface area (Å²) in [5, 5.41) is 4.60. The van der Waals surface area contributed by atoms with Gasteiger partial charge in [-0.05, 0) is 55.1 Å². The van der Waals surface area contributed by atoms with Crippen molar-refractivity contribution in [1.29, 1.82) is 0 Å². The third kappa shape index (κ3) is 5.82. The van der Waals surface area contributed by atoms with Gasteiger partial charge in [-0.3, -0.25) is 20.2 Å². The Balaban J connectivity index is 1.58. The number of benzene rings is 2. The molecular formula is C21H18F4N4O2S2. The third-order valence-electron chi connectivity index (χ3n) is 4.89. The highest BCUT2D eigenvalue weighted by Gasteiger charge is 2.24. The minimum Gasteiger partial charge on any atom is -0.347 e. The summed E-state index contributed by atoms with van der Waals surface area (Å²) in [5.74, 6) is -6.05. The monoisotopic (exact) mass is 498 g/mol. The van der Waals surface area contributed by atoms with Crippen molar-refractivity contribution in [3.05, 3.63) is 70.8 Å². The second-order valence-electron chi connectivity index (χ2n) is 7.04. The Hall–Kier alpha value is -3.12. The summed E-state index contributed by atoms with van der Waals surface area (Å²) in [6.45, 7) is 1.33. The molecule has 1 aliphatic rings. The number of carbonyl (C=O) groups excluding carboxylic acids is 2. The van der Waals surface area contributed by atoms with E-state index in [9.17, 15) is 27.2 Å². The normalized spacial score (nSPS) is 13.8. The van der Waals surface area contributed by atoms with Gasteiger partial charge in [0.2, 0.25) is 0 Å². The summed E-state index contributed by atoms with van der Waals surface area (Å²) in [4.78, 5) is 27.8.